The molecule has 3 aromatic rings. The lowest BCUT2D eigenvalue weighted by atomic mass is 10.1. The van der Waals surface area contributed by atoms with Crippen molar-refractivity contribution >= 4 is 42.6 Å². The summed E-state index contributed by atoms with van der Waals surface area (Å²) in [6.07, 6.45) is 2.51. The summed E-state index contributed by atoms with van der Waals surface area (Å²) < 4.78 is 28.1. The van der Waals surface area contributed by atoms with E-state index in [1.165, 1.54) is 27.8 Å². The Bertz CT molecular complexity index is 1270. The Morgan fingerprint density at radius 1 is 0.971 bits per heavy atom. The highest BCUT2D eigenvalue weighted by atomic mass is 32.2. The molecule has 0 unspecified atom stereocenters. The van der Waals surface area contributed by atoms with Gasteiger partial charge in [-0.25, -0.2) is 17.7 Å². The number of rotatable bonds is 11. The van der Waals surface area contributed by atoms with E-state index in [1.54, 1.807) is 24.1 Å². The van der Waals surface area contributed by atoms with Gasteiger partial charge in [0, 0.05) is 25.7 Å². The number of aromatic nitrogens is 1. The largest absolute Gasteiger partial charge is 0.309 e. The van der Waals surface area contributed by atoms with E-state index >= 15 is 0 Å². The highest BCUT2D eigenvalue weighted by Crippen LogP contribution is 2.32. The van der Waals surface area contributed by atoms with E-state index in [0.717, 1.165) is 47.2 Å². The van der Waals surface area contributed by atoms with E-state index in [4.69, 9.17) is 4.98 Å². The van der Waals surface area contributed by atoms with E-state index in [-0.39, 0.29) is 10.8 Å². The van der Waals surface area contributed by atoms with Gasteiger partial charge in [-0.1, -0.05) is 30.7 Å². The van der Waals surface area contributed by atoms with E-state index in [0.29, 0.717) is 23.8 Å². The molecule has 1 heterocycles. The summed E-state index contributed by atoms with van der Waals surface area (Å²) in [4.78, 5) is 22.4. The maximum atomic E-state index is 13.6. The molecule has 3 rings (SSSR count). The predicted molar refractivity (Wildman–Crippen MR) is 145 cm³/mol. The molecule has 7 nitrogen and oxygen atoms in total. The van der Waals surface area contributed by atoms with Gasteiger partial charge in [-0.2, -0.15) is 0 Å². The van der Waals surface area contributed by atoms with Gasteiger partial charge >= 0.3 is 0 Å². The average Bonchev–Trinajstić information content (AvgIpc) is 3.23. The van der Waals surface area contributed by atoms with Crippen LogP contribution in [0.1, 0.15) is 47.7 Å². The number of sulfonamides is 1. The number of carbonyl (C=O) groups is 1. The molecule has 0 spiro atoms. The first-order valence-corrected chi connectivity index (χ1v) is 14.2. The Labute approximate surface area is 213 Å². The first-order chi connectivity index (χ1) is 16.5. The van der Waals surface area contributed by atoms with Crippen molar-refractivity contribution in [2.45, 2.75) is 44.9 Å². The smallest absolute Gasteiger partial charge is 0.260 e. The molecule has 0 aliphatic heterocycles. The monoisotopic (exact) mass is 516 g/mol. The average molecular weight is 517 g/mol. The lowest BCUT2D eigenvalue weighted by Gasteiger charge is -2.21. The van der Waals surface area contributed by atoms with Crippen LogP contribution in [-0.4, -0.2) is 69.3 Å². The van der Waals surface area contributed by atoms with Crippen molar-refractivity contribution in [2.24, 2.45) is 0 Å². The number of thiazole rings is 1. The molecule has 1 aromatic heterocycles. The Balaban J connectivity index is 1.91. The highest BCUT2D eigenvalue weighted by molar-refractivity contribution is 7.89. The molecule has 0 atom stereocenters. The zero-order valence-corrected chi connectivity index (χ0v) is 23.2. The molecule has 190 valence electrons. The first kappa shape index (κ1) is 27.3. The summed E-state index contributed by atoms with van der Waals surface area (Å²) in [5, 5.41) is 0.661. The van der Waals surface area contributed by atoms with Gasteiger partial charge in [0.25, 0.3) is 5.91 Å². The summed E-state index contributed by atoms with van der Waals surface area (Å²) in [5.41, 5.74) is 3.61. The van der Waals surface area contributed by atoms with Gasteiger partial charge in [0.1, 0.15) is 0 Å². The molecule has 1 amide bonds. The van der Waals surface area contributed by atoms with Crippen LogP contribution in [0.2, 0.25) is 0 Å². The van der Waals surface area contributed by atoms with Gasteiger partial charge in [0.15, 0.2) is 5.13 Å². The van der Waals surface area contributed by atoms with Gasteiger partial charge in [-0.05, 0) is 88.8 Å². The summed E-state index contributed by atoms with van der Waals surface area (Å²) >= 11 is 1.51. The second kappa shape index (κ2) is 11.6. The normalized spacial score (nSPS) is 12.1. The third kappa shape index (κ3) is 6.46. The second-order valence-corrected chi connectivity index (χ2v) is 12.3. The Morgan fingerprint density at radius 2 is 1.66 bits per heavy atom. The van der Waals surface area contributed by atoms with E-state index < -0.39 is 10.0 Å². The Hall–Kier alpha value is -2.33. The fourth-order valence-electron chi connectivity index (χ4n) is 3.91. The highest BCUT2D eigenvalue weighted by Gasteiger charge is 2.24. The summed E-state index contributed by atoms with van der Waals surface area (Å²) in [6, 6.07) is 10.4. The van der Waals surface area contributed by atoms with E-state index in [2.05, 4.69) is 24.0 Å². The number of nitrogens with zero attached hydrogens (tertiary/aromatic N) is 4. The first-order valence-electron chi connectivity index (χ1n) is 12.0. The number of hydrogen-bond acceptors (Lipinski definition) is 6. The molecule has 0 radical (unpaired) electrons. The summed E-state index contributed by atoms with van der Waals surface area (Å²) in [5.74, 6) is -0.180. The second-order valence-electron chi connectivity index (χ2n) is 9.24. The SMILES string of the molecule is CCCCN(C)S(=O)(=O)c1ccc(C(=O)N(CCCN(C)C)c2nc3c(C)cc(C)cc3s2)cc1. The van der Waals surface area contributed by atoms with Crippen molar-refractivity contribution < 1.29 is 13.2 Å². The minimum atomic E-state index is -3.58. The molecular weight excluding hydrogens is 480 g/mol. The van der Waals surface area contributed by atoms with Crippen LogP contribution in [0.25, 0.3) is 10.2 Å². The van der Waals surface area contributed by atoms with Crippen LogP contribution >= 0.6 is 11.3 Å². The van der Waals surface area contributed by atoms with Crippen molar-refractivity contribution in [1.82, 2.24) is 14.2 Å². The van der Waals surface area contributed by atoms with Gasteiger partial charge in [-0.3, -0.25) is 9.69 Å². The summed E-state index contributed by atoms with van der Waals surface area (Å²) in [6.45, 7) is 7.95. The molecule has 0 bridgehead atoms. The Morgan fingerprint density at radius 3 is 2.29 bits per heavy atom. The van der Waals surface area contributed by atoms with Crippen LogP contribution in [0, 0.1) is 13.8 Å². The van der Waals surface area contributed by atoms with Crippen molar-refractivity contribution in [2.75, 3.05) is 45.7 Å². The van der Waals surface area contributed by atoms with Crippen molar-refractivity contribution in [1.29, 1.82) is 0 Å². The standard InChI is InChI=1S/C26H36N4O3S2/c1-7-8-15-29(6)35(32,33)22-12-10-21(11-13-22)25(31)30(16-9-14-28(4)5)26-27-24-20(3)17-19(2)18-23(24)34-26/h10-13,17-18H,7-9,14-16H2,1-6H3. The lowest BCUT2D eigenvalue weighted by Crippen LogP contribution is -2.33. The van der Waals surface area contributed by atoms with Crippen molar-refractivity contribution in [3.8, 4) is 0 Å². The number of anilines is 1. The zero-order valence-electron chi connectivity index (χ0n) is 21.5. The van der Waals surface area contributed by atoms with Gasteiger partial charge in [0.2, 0.25) is 10.0 Å². The third-order valence-corrected chi connectivity index (χ3v) is 8.81. The van der Waals surface area contributed by atoms with E-state index in [9.17, 15) is 13.2 Å². The number of carbonyl (C=O) groups excluding carboxylic acids is 1. The minimum Gasteiger partial charge on any atom is -0.309 e. The van der Waals surface area contributed by atoms with E-state index in [1.807, 2.05) is 27.9 Å². The zero-order chi connectivity index (χ0) is 25.8. The van der Waals surface area contributed by atoms with Crippen LogP contribution in [0.4, 0.5) is 5.13 Å². The van der Waals surface area contributed by atoms with Gasteiger partial charge in [-0.15, -0.1) is 0 Å². The number of amides is 1. The fourth-order valence-corrected chi connectivity index (χ4v) is 6.29. The fraction of sp³-hybridized carbons (Fsp3) is 0.462. The minimum absolute atomic E-state index is 0.180. The molecule has 0 aliphatic carbocycles. The number of fused-ring (bicyclic) bond motifs is 1. The number of hydrogen-bond donors (Lipinski definition) is 0. The number of benzene rings is 2. The van der Waals surface area contributed by atoms with Crippen LogP contribution in [0.3, 0.4) is 0 Å². The topological polar surface area (TPSA) is 73.8 Å². The molecule has 35 heavy (non-hydrogen) atoms. The van der Waals surface area contributed by atoms with Crippen LogP contribution in [0.15, 0.2) is 41.3 Å². The molecule has 9 heteroatoms. The molecule has 2 aromatic carbocycles. The molecule has 0 saturated heterocycles. The van der Waals surface area contributed by atoms with Crippen LogP contribution < -0.4 is 4.90 Å². The van der Waals surface area contributed by atoms with Gasteiger partial charge in [0.05, 0.1) is 15.1 Å². The number of unbranched alkanes of at least 4 members (excludes halogenated alkanes) is 1. The van der Waals surface area contributed by atoms with Gasteiger partial charge < -0.3 is 4.90 Å². The quantitative estimate of drug-likeness (QED) is 0.361. The third-order valence-electron chi connectivity index (χ3n) is 5.92. The molecule has 0 saturated carbocycles. The predicted octanol–water partition coefficient (Wildman–Crippen LogP) is 4.93. The van der Waals surface area contributed by atoms with Crippen molar-refractivity contribution in [3.63, 3.8) is 0 Å². The molecule has 0 aliphatic rings. The van der Waals surface area contributed by atoms with Crippen molar-refractivity contribution in [3.05, 3.63) is 53.1 Å². The van der Waals surface area contributed by atoms with Crippen LogP contribution in [0.5, 0.6) is 0 Å². The maximum absolute atomic E-state index is 13.6. The van der Waals surface area contributed by atoms with Crippen LogP contribution in [-0.2, 0) is 10.0 Å². The maximum Gasteiger partial charge on any atom is 0.260 e. The Kier molecular flexibility index (Phi) is 9.04. The molecule has 0 N–H and O–H groups in total. The summed E-state index contributed by atoms with van der Waals surface area (Å²) in [7, 11) is 2.02. The molecular formula is C26H36N4O3S2. The lowest BCUT2D eigenvalue weighted by molar-refractivity contribution is 0.0986. The number of aryl methyl sites for hydroxylation is 2. The molecule has 0 fully saturated rings.